The van der Waals surface area contributed by atoms with Crippen LogP contribution in [0.25, 0.3) is 0 Å². The van der Waals surface area contributed by atoms with Crippen molar-refractivity contribution in [2.24, 2.45) is 0 Å². The molecular weight excluding hydrogens is 282 g/mol. The molecule has 0 amide bonds. The Labute approximate surface area is 118 Å². The van der Waals surface area contributed by atoms with Crippen LogP contribution >= 0.6 is 12.2 Å². The lowest BCUT2D eigenvalue weighted by atomic mass is 10.0. The molecule has 1 unspecified atom stereocenters. The molecule has 1 aromatic carbocycles. The molecule has 1 fully saturated rings. The van der Waals surface area contributed by atoms with Gasteiger partial charge >= 0.3 is 0 Å². The summed E-state index contributed by atoms with van der Waals surface area (Å²) in [7, 11) is -2.95. The predicted molar refractivity (Wildman–Crippen MR) is 81.9 cm³/mol. The third-order valence-electron chi connectivity index (χ3n) is 3.06. The average Bonchev–Trinajstić information content (AvgIpc) is 2.52. The van der Waals surface area contributed by atoms with E-state index in [-0.39, 0.29) is 11.5 Å². The van der Waals surface area contributed by atoms with Crippen LogP contribution in [0.1, 0.15) is 13.3 Å². The summed E-state index contributed by atoms with van der Waals surface area (Å²) in [6.07, 6.45) is 0.564. The van der Waals surface area contributed by atoms with Gasteiger partial charge in [0.05, 0.1) is 17.0 Å². The van der Waals surface area contributed by atoms with Crippen molar-refractivity contribution in [2.45, 2.75) is 18.9 Å². The van der Waals surface area contributed by atoms with Crippen LogP contribution in [-0.2, 0) is 9.84 Å². The number of hydrogen-bond donors (Lipinski definition) is 3. The molecule has 1 heterocycles. The zero-order valence-corrected chi connectivity index (χ0v) is 12.3. The molecular formula is C12H17N3O2S2. The molecule has 1 aliphatic rings. The van der Waals surface area contributed by atoms with Gasteiger partial charge in [0.25, 0.3) is 0 Å². The fourth-order valence-corrected chi connectivity index (χ4v) is 4.62. The summed E-state index contributed by atoms with van der Waals surface area (Å²) in [6.45, 7) is 1.87. The first kappa shape index (κ1) is 14.1. The maximum atomic E-state index is 11.5. The van der Waals surface area contributed by atoms with E-state index in [9.17, 15) is 8.42 Å². The number of rotatable bonds is 2. The lowest BCUT2D eigenvalue weighted by molar-refractivity contribution is 0.474. The molecule has 104 valence electrons. The van der Waals surface area contributed by atoms with Crippen molar-refractivity contribution in [2.75, 3.05) is 22.6 Å². The summed E-state index contributed by atoms with van der Waals surface area (Å²) in [5.74, 6) is 0.316. The first-order valence-corrected chi connectivity index (χ1v) is 8.16. The van der Waals surface area contributed by atoms with Crippen LogP contribution in [0.3, 0.4) is 0 Å². The molecule has 7 heteroatoms. The summed E-state index contributed by atoms with van der Waals surface area (Å²) < 4.78 is 23.0. The number of thiocarbonyl (C=S) groups is 1. The van der Waals surface area contributed by atoms with Gasteiger partial charge in [0.2, 0.25) is 0 Å². The number of nitrogen functional groups attached to an aromatic ring is 1. The van der Waals surface area contributed by atoms with Gasteiger partial charge in [0, 0.05) is 11.4 Å². The summed E-state index contributed by atoms with van der Waals surface area (Å²) in [4.78, 5) is 0. The van der Waals surface area contributed by atoms with Crippen LogP contribution in [0.5, 0.6) is 0 Å². The number of nitrogens with two attached hydrogens (primary N) is 1. The lowest BCUT2D eigenvalue weighted by Gasteiger charge is -2.26. The smallest absolute Gasteiger partial charge is 0.171 e. The van der Waals surface area contributed by atoms with E-state index in [0.717, 1.165) is 5.69 Å². The number of benzene rings is 1. The first-order valence-electron chi connectivity index (χ1n) is 5.93. The Kier molecular flexibility index (Phi) is 3.69. The molecule has 0 saturated carbocycles. The molecule has 0 aromatic heterocycles. The van der Waals surface area contributed by atoms with Crippen molar-refractivity contribution in [3.8, 4) is 0 Å². The van der Waals surface area contributed by atoms with E-state index in [1.54, 1.807) is 12.1 Å². The van der Waals surface area contributed by atoms with Gasteiger partial charge in [0.1, 0.15) is 0 Å². The minimum atomic E-state index is -2.95. The molecule has 1 atom stereocenters. The van der Waals surface area contributed by atoms with Crippen molar-refractivity contribution in [1.82, 2.24) is 5.32 Å². The highest BCUT2D eigenvalue weighted by atomic mass is 32.2. The molecule has 0 radical (unpaired) electrons. The normalized spacial score (nSPS) is 24.9. The fraction of sp³-hybridized carbons (Fsp3) is 0.417. The second kappa shape index (κ2) is 4.97. The van der Waals surface area contributed by atoms with Crippen molar-refractivity contribution in [3.63, 3.8) is 0 Å². The zero-order valence-electron chi connectivity index (χ0n) is 10.6. The zero-order chi connectivity index (χ0) is 14.1. The van der Waals surface area contributed by atoms with E-state index >= 15 is 0 Å². The second-order valence-electron chi connectivity index (χ2n) is 5.11. The van der Waals surface area contributed by atoms with Gasteiger partial charge in [-0.1, -0.05) is 6.07 Å². The van der Waals surface area contributed by atoms with Crippen LogP contribution in [0.4, 0.5) is 11.4 Å². The fourth-order valence-electron chi connectivity index (χ4n) is 2.16. The molecule has 1 saturated heterocycles. The van der Waals surface area contributed by atoms with E-state index in [0.29, 0.717) is 17.2 Å². The first-order chi connectivity index (χ1) is 8.78. The van der Waals surface area contributed by atoms with E-state index in [1.807, 2.05) is 19.1 Å². The molecule has 0 spiro atoms. The number of anilines is 2. The van der Waals surface area contributed by atoms with Gasteiger partial charge in [-0.05, 0) is 43.8 Å². The molecule has 0 bridgehead atoms. The standard InChI is InChI=1S/C12H17N3O2S2/c1-12(5-6-19(16,17)8-12)15-11(18)14-10-4-2-3-9(13)7-10/h2-4,7H,5-6,8,13H2,1H3,(H2,14,15,18). The van der Waals surface area contributed by atoms with Crippen molar-refractivity contribution < 1.29 is 8.42 Å². The van der Waals surface area contributed by atoms with Crippen LogP contribution in [0.2, 0.25) is 0 Å². The largest absolute Gasteiger partial charge is 0.399 e. The Morgan fingerprint density at radius 1 is 1.47 bits per heavy atom. The third kappa shape index (κ3) is 3.81. The summed E-state index contributed by atoms with van der Waals surface area (Å²) >= 11 is 5.20. The second-order valence-corrected chi connectivity index (χ2v) is 7.70. The Bertz CT molecular complexity index is 601. The summed E-state index contributed by atoms with van der Waals surface area (Å²) in [5.41, 5.74) is 6.60. The summed E-state index contributed by atoms with van der Waals surface area (Å²) in [5, 5.41) is 6.49. The highest BCUT2D eigenvalue weighted by Gasteiger charge is 2.38. The van der Waals surface area contributed by atoms with E-state index < -0.39 is 15.4 Å². The number of sulfone groups is 1. The predicted octanol–water partition coefficient (Wildman–Crippen LogP) is 1.13. The molecule has 19 heavy (non-hydrogen) atoms. The molecule has 1 aliphatic heterocycles. The summed E-state index contributed by atoms with van der Waals surface area (Å²) in [6, 6.07) is 7.22. The van der Waals surface area contributed by atoms with Gasteiger partial charge in [0.15, 0.2) is 14.9 Å². The Morgan fingerprint density at radius 3 is 2.79 bits per heavy atom. The Balaban J connectivity index is 1.99. The Hall–Kier alpha value is -1.34. The van der Waals surface area contributed by atoms with Gasteiger partial charge in [-0.15, -0.1) is 0 Å². The monoisotopic (exact) mass is 299 g/mol. The van der Waals surface area contributed by atoms with E-state index in [4.69, 9.17) is 18.0 Å². The maximum Gasteiger partial charge on any atom is 0.171 e. The number of nitrogens with one attached hydrogen (secondary N) is 2. The van der Waals surface area contributed by atoms with Crippen LogP contribution < -0.4 is 16.4 Å². The highest BCUT2D eigenvalue weighted by molar-refractivity contribution is 7.91. The molecule has 1 aromatic rings. The van der Waals surface area contributed by atoms with Crippen LogP contribution in [0.15, 0.2) is 24.3 Å². The van der Waals surface area contributed by atoms with Crippen molar-refractivity contribution in [3.05, 3.63) is 24.3 Å². The molecule has 4 N–H and O–H groups in total. The highest BCUT2D eigenvalue weighted by Crippen LogP contribution is 2.23. The maximum absolute atomic E-state index is 11.5. The van der Waals surface area contributed by atoms with Crippen molar-refractivity contribution in [1.29, 1.82) is 0 Å². The third-order valence-corrected chi connectivity index (χ3v) is 5.17. The minimum absolute atomic E-state index is 0.110. The van der Waals surface area contributed by atoms with E-state index in [1.165, 1.54) is 0 Å². The Morgan fingerprint density at radius 2 is 2.21 bits per heavy atom. The SMILES string of the molecule is CC1(NC(=S)Nc2cccc(N)c2)CCS(=O)(=O)C1. The van der Waals surface area contributed by atoms with Gasteiger partial charge in [-0.25, -0.2) is 8.42 Å². The van der Waals surface area contributed by atoms with Gasteiger partial charge in [-0.3, -0.25) is 0 Å². The van der Waals surface area contributed by atoms with Gasteiger partial charge < -0.3 is 16.4 Å². The quantitative estimate of drug-likeness (QED) is 0.561. The van der Waals surface area contributed by atoms with Crippen molar-refractivity contribution >= 4 is 38.5 Å². The lowest BCUT2D eigenvalue weighted by Crippen LogP contribution is -2.48. The topological polar surface area (TPSA) is 84.2 Å². The van der Waals surface area contributed by atoms with Crippen LogP contribution in [0, 0.1) is 0 Å². The van der Waals surface area contributed by atoms with Crippen LogP contribution in [-0.4, -0.2) is 30.6 Å². The average molecular weight is 299 g/mol. The number of hydrogen-bond acceptors (Lipinski definition) is 4. The van der Waals surface area contributed by atoms with Gasteiger partial charge in [-0.2, -0.15) is 0 Å². The molecule has 2 rings (SSSR count). The molecule has 0 aliphatic carbocycles. The van der Waals surface area contributed by atoms with E-state index in [2.05, 4.69) is 10.6 Å². The molecule has 5 nitrogen and oxygen atoms in total. The minimum Gasteiger partial charge on any atom is -0.399 e.